The van der Waals surface area contributed by atoms with Crippen LogP contribution < -0.4 is 4.90 Å². The molecule has 0 aliphatic carbocycles. The van der Waals surface area contributed by atoms with E-state index >= 15 is 0 Å². The molecule has 2 aromatic carbocycles. The van der Waals surface area contributed by atoms with Gasteiger partial charge in [-0.25, -0.2) is 0 Å². The molecule has 2 aromatic rings. The summed E-state index contributed by atoms with van der Waals surface area (Å²) in [5, 5.41) is 9.21. The van der Waals surface area contributed by atoms with Gasteiger partial charge >= 0.3 is 5.91 Å². The first-order chi connectivity index (χ1) is 9.72. The molecule has 0 aromatic heterocycles. The van der Waals surface area contributed by atoms with Crippen LogP contribution in [0.15, 0.2) is 54.6 Å². The average Bonchev–Trinajstić information content (AvgIpc) is 2.53. The molecule has 100 valence electrons. The minimum atomic E-state index is -0.288. The van der Waals surface area contributed by atoms with E-state index in [1.54, 1.807) is 19.2 Å². The van der Waals surface area contributed by atoms with Crippen LogP contribution >= 0.6 is 0 Å². The molecule has 20 heavy (non-hydrogen) atoms. The van der Waals surface area contributed by atoms with Gasteiger partial charge in [0.1, 0.15) is 0 Å². The summed E-state index contributed by atoms with van der Waals surface area (Å²) in [5.41, 5.74) is 2.18. The van der Waals surface area contributed by atoms with Crippen molar-refractivity contribution < 1.29 is 9.90 Å². The first-order valence-corrected chi connectivity index (χ1v) is 6.26. The largest absolute Gasteiger partial charge is 0.392 e. The molecular weight excluding hydrogens is 250 g/mol. The lowest BCUT2D eigenvalue weighted by atomic mass is 10.1. The van der Waals surface area contributed by atoms with Gasteiger partial charge in [0.25, 0.3) is 0 Å². The van der Waals surface area contributed by atoms with Crippen LogP contribution in [0.2, 0.25) is 0 Å². The van der Waals surface area contributed by atoms with Crippen LogP contribution in [-0.2, 0) is 11.4 Å². The molecule has 0 heterocycles. The minimum absolute atomic E-state index is 0.0897. The zero-order valence-electron chi connectivity index (χ0n) is 11.2. The van der Waals surface area contributed by atoms with Crippen molar-refractivity contribution in [1.82, 2.24) is 0 Å². The van der Waals surface area contributed by atoms with Gasteiger partial charge in [0, 0.05) is 24.2 Å². The molecule has 0 aliphatic heterocycles. The summed E-state index contributed by atoms with van der Waals surface area (Å²) in [7, 11) is 1.68. The third kappa shape index (κ3) is 3.25. The average molecular weight is 265 g/mol. The highest BCUT2D eigenvalue weighted by molar-refractivity contribution is 6.05. The van der Waals surface area contributed by atoms with Crippen LogP contribution in [0.4, 0.5) is 5.69 Å². The summed E-state index contributed by atoms with van der Waals surface area (Å²) in [6.07, 6.45) is 0. The number of hydrogen-bond acceptors (Lipinski definition) is 2. The maximum absolute atomic E-state index is 12.0. The second-order valence-electron chi connectivity index (χ2n) is 4.26. The lowest BCUT2D eigenvalue weighted by Crippen LogP contribution is -2.24. The van der Waals surface area contributed by atoms with Gasteiger partial charge in [-0.2, -0.15) is 0 Å². The van der Waals surface area contributed by atoms with Gasteiger partial charge in [0.15, 0.2) is 0 Å². The van der Waals surface area contributed by atoms with E-state index in [1.807, 2.05) is 42.5 Å². The Morgan fingerprint density at radius 1 is 1.10 bits per heavy atom. The normalized spacial score (nSPS) is 9.50. The number of para-hydroxylation sites is 1. The molecule has 0 bridgehead atoms. The molecule has 0 fully saturated rings. The van der Waals surface area contributed by atoms with Gasteiger partial charge < -0.3 is 10.0 Å². The number of benzene rings is 2. The molecule has 0 spiro atoms. The van der Waals surface area contributed by atoms with E-state index in [9.17, 15) is 9.90 Å². The van der Waals surface area contributed by atoms with E-state index in [0.717, 1.165) is 11.3 Å². The molecule has 0 saturated carbocycles. The van der Waals surface area contributed by atoms with Gasteiger partial charge in [-0.3, -0.25) is 4.79 Å². The number of carbonyl (C=O) groups excluding carboxylic acids is 1. The molecular formula is C17H15NO2. The van der Waals surface area contributed by atoms with Gasteiger partial charge in [0.05, 0.1) is 6.61 Å². The summed E-state index contributed by atoms with van der Waals surface area (Å²) in [6.45, 7) is -0.0897. The fourth-order valence-corrected chi connectivity index (χ4v) is 1.75. The molecule has 0 radical (unpaired) electrons. The Labute approximate surface area is 118 Å². The van der Waals surface area contributed by atoms with Crippen LogP contribution in [0, 0.1) is 11.8 Å². The molecule has 1 amide bonds. The van der Waals surface area contributed by atoms with Crippen molar-refractivity contribution in [2.75, 3.05) is 11.9 Å². The third-order valence-electron chi connectivity index (χ3n) is 2.94. The topological polar surface area (TPSA) is 40.5 Å². The van der Waals surface area contributed by atoms with Crippen molar-refractivity contribution in [2.24, 2.45) is 0 Å². The Morgan fingerprint density at radius 3 is 2.45 bits per heavy atom. The van der Waals surface area contributed by atoms with Crippen LogP contribution in [0.5, 0.6) is 0 Å². The van der Waals surface area contributed by atoms with E-state index in [-0.39, 0.29) is 12.5 Å². The van der Waals surface area contributed by atoms with E-state index in [4.69, 9.17) is 0 Å². The molecule has 0 saturated heterocycles. The quantitative estimate of drug-likeness (QED) is 0.846. The highest BCUT2D eigenvalue weighted by atomic mass is 16.3. The third-order valence-corrected chi connectivity index (χ3v) is 2.94. The van der Waals surface area contributed by atoms with Gasteiger partial charge in [-0.1, -0.05) is 42.3 Å². The SMILES string of the molecule is CN(C(=O)C#Cc1ccccc1CO)c1ccccc1. The molecule has 0 atom stereocenters. The lowest BCUT2D eigenvalue weighted by molar-refractivity contribution is -0.113. The smallest absolute Gasteiger partial charge is 0.302 e. The molecule has 1 N–H and O–H groups in total. The second-order valence-corrected chi connectivity index (χ2v) is 4.26. The fraction of sp³-hybridized carbons (Fsp3) is 0.118. The number of anilines is 1. The van der Waals surface area contributed by atoms with E-state index < -0.39 is 0 Å². The summed E-state index contributed by atoms with van der Waals surface area (Å²) in [4.78, 5) is 13.5. The maximum atomic E-state index is 12.0. The van der Waals surface area contributed by atoms with Crippen molar-refractivity contribution in [2.45, 2.75) is 6.61 Å². The Morgan fingerprint density at radius 2 is 1.75 bits per heavy atom. The van der Waals surface area contributed by atoms with E-state index in [0.29, 0.717) is 5.56 Å². The zero-order chi connectivity index (χ0) is 14.4. The molecule has 0 aliphatic rings. The summed E-state index contributed by atoms with van der Waals surface area (Å²) in [6, 6.07) is 16.6. The highest BCUT2D eigenvalue weighted by Gasteiger charge is 2.07. The first kappa shape index (κ1) is 13.9. The second kappa shape index (κ2) is 6.55. The lowest BCUT2D eigenvalue weighted by Gasteiger charge is -2.13. The molecule has 2 rings (SSSR count). The highest BCUT2D eigenvalue weighted by Crippen LogP contribution is 2.11. The monoisotopic (exact) mass is 265 g/mol. The van der Waals surface area contributed by atoms with Crippen LogP contribution in [0.1, 0.15) is 11.1 Å². The fourth-order valence-electron chi connectivity index (χ4n) is 1.75. The number of aliphatic hydroxyl groups excluding tert-OH is 1. The molecule has 3 heteroatoms. The zero-order valence-corrected chi connectivity index (χ0v) is 11.2. The predicted octanol–water partition coefficient (Wildman–Crippen LogP) is 2.19. The van der Waals surface area contributed by atoms with E-state index in [2.05, 4.69) is 11.8 Å². The molecule has 0 unspecified atom stereocenters. The number of carbonyl (C=O) groups is 1. The minimum Gasteiger partial charge on any atom is -0.392 e. The summed E-state index contributed by atoms with van der Waals surface area (Å²) >= 11 is 0. The van der Waals surface area contributed by atoms with Crippen molar-refractivity contribution >= 4 is 11.6 Å². The summed E-state index contributed by atoms with van der Waals surface area (Å²) in [5.74, 6) is 5.12. The summed E-state index contributed by atoms with van der Waals surface area (Å²) < 4.78 is 0. The predicted molar refractivity (Wildman–Crippen MR) is 79.1 cm³/mol. The van der Waals surface area contributed by atoms with Crippen molar-refractivity contribution in [1.29, 1.82) is 0 Å². The Balaban J connectivity index is 2.18. The van der Waals surface area contributed by atoms with Crippen molar-refractivity contribution in [3.05, 3.63) is 65.7 Å². The number of amides is 1. The van der Waals surface area contributed by atoms with Crippen molar-refractivity contribution in [3.8, 4) is 11.8 Å². The number of hydrogen-bond donors (Lipinski definition) is 1. The van der Waals surface area contributed by atoms with Gasteiger partial charge in [0.2, 0.25) is 0 Å². The first-order valence-electron chi connectivity index (χ1n) is 6.26. The number of nitrogens with zero attached hydrogens (tertiary/aromatic N) is 1. The maximum Gasteiger partial charge on any atom is 0.302 e. The van der Waals surface area contributed by atoms with Gasteiger partial charge in [-0.15, -0.1) is 0 Å². The molecule has 3 nitrogen and oxygen atoms in total. The Bertz CT molecular complexity index is 653. The van der Waals surface area contributed by atoms with Gasteiger partial charge in [-0.05, 0) is 23.8 Å². The van der Waals surface area contributed by atoms with Crippen LogP contribution in [-0.4, -0.2) is 18.1 Å². The number of rotatable bonds is 2. The standard InChI is InChI=1S/C17H15NO2/c1-18(16-9-3-2-4-10-16)17(20)12-11-14-7-5-6-8-15(14)13-19/h2-10,19H,13H2,1H3. The Hall–Kier alpha value is -2.57. The van der Waals surface area contributed by atoms with Crippen molar-refractivity contribution in [3.63, 3.8) is 0 Å². The van der Waals surface area contributed by atoms with Crippen LogP contribution in [0.3, 0.4) is 0 Å². The van der Waals surface area contributed by atoms with Crippen LogP contribution in [0.25, 0.3) is 0 Å². The Kier molecular flexibility index (Phi) is 4.54. The number of aliphatic hydroxyl groups is 1. The van der Waals surface area contributed by atoms with E-state index in [1.165, 1.54) is 4.90 Å².